The van der Waals surface area contributed by atoms with Crippen LogP contribution in [0, 0.1) is 5.82 Å². The normalized spacial score (nSPS) is 12.5. The molecule has 1 unspecified atom stereocenters. The second-order valence-electron chi connectivity index (χ2n) is 3.30. The van der Waals surface area contributed by atoms with Crippen molar-refractivity contribution in [1.29, 1.82) is 0 Å². The molecular weight excluding hydrogens is 309 g/mol. The Hall–Kier alpha value is -0.980. The maximum atomic E-state index is 13.5. The summed E-state index contributed by atoms with van der Waals surface area (Å²) in [6, 6.07) is 4.37. The van der Waals surface area contributed by atoms with Crippen LogP contribution in [0.15, 0.2) is 28.3 Å². The van der Waals surface area contributed by atoms with E-state index in [4.69, 9.17) is 4.74 Å². The number of hydrogen-bond donors (Lipinski definition) is 1. The van der Waals surface area contributed by atoms with Gasteiger partial charge >= 0.3 is 0 Å². The minimum Gasteiger partial charge on any atom is -0.494 e. The summed E-state index contributed by atoms with van der Waals surface area (Å²) >= 11 is 4.54. The summed E-state index contributed by atoms with van der Waals surface area (Å²) < 4.78 is 18.9. The van der Waals surface area contributed by atoms with E-state index in [-0.39, 0.29) is 5.75 Å². The van der Waals surface area contributed by atoms with Gasteiger partial charge in [0.2, 0.25) is 0 Å². The van der Waals surface area contributed by atoms with E-state index in [0.717, 1.165) is 0 Å². The van der Waals surface area contributed by atoms with Crippen LogP contribution in [-0.4, -0.2) is 17.2 Å². The first-order valence-electron chi connectivity index (χ1n) is 4.74. The van der Waals surface area contributed by atoms with Gasteiger partial charge in [0.05, 0.1) is 17.5 Å². The summed E-state index contributed by atoms with van der Waals surface area (Å²) in [5.74, 6) is -0.339. The lowest BCUT2D eigenvalue weighted by Crippen LogP contribution is -1.99. The molecule has 17 heavy (non-hydrogen) atoms. The standard InChI is InChI=1S/C11H9BrFNO2S/c1-16-8-3-2-6(4-7(8)13)9(15)10-11(12)14-5-17-10/h2-5,9,15H,1H3. The smallest absolute Gasteiger partial charge is 0.165 e. The molecule has 1 aromatic carbocycles. The van der Waals surface area contributed by atoms with Gasteiger partial charge in [-0.25, -0.2) is 9.37 Å². The fraction of sp³-hybridized carbons (Fsp3) is 0.182. The first kappa shape index (κ1) is 12.5. The number of benzene rings is 1. The predicted molar refractivity (Wildman–Crippen MR) is 66.8 cm³/mol. The maximum absolute atomic E-state index is 13.5. The third-order valence-corrected chi connectivity index (χ3v) is 4.06. The van der Waals surface area contributed by atoms with Crippen LogP contribution in [0.3, 0.4) is 0 Å². The van der Waals surface area contributed by atoms with Crippen LogP contribution in [0.5, 0.6) is 5.75 Å². The zero-order valence-corrected chi connectivity index (χ0v) is 11.3. The Morgan fingerprint density at radius 3 is 2.82 bits per heavy atom. The highest BCUT2D eigenvalue weighted by molar-refractivity contribution is 9.10. The highest BCUT2D eigenvalue weighted by atomic mass is 79.9. The SMILES string of the molecule is COc1ccc(C(O)c2scnc2Br)cc1F. The van der Waals surface area contributed by atoms with Crippen molar-refractivity contribution in [2.24, 2.45) is 0 Å². The number of halogens is 2. The number of methoxy groups -OCH3 is 1. The first-order chi connectivity index (χ1) is 8.13. The van der Waals surface area contributed by atoms with E-state index in [1.54, 1.807) is 11.6 Å². The Kier molecular flexibility index (Phi) is 3.76. The molecule has 0 fully saturated rings. The quantitative estimate of drug-likeness (QED) is 0.945. The Morgan fingerprint density at radius 1 is 1.53 bits per heavy atom. The zero-order valence-electron chi connectivity index (χ0n) is 8.85. The molecule has 1 heterocycles. The van der Waals surface area contributed by atoms with Gasteiger partial charge in [0.25, 0.3) is 0 Å². The zero-order chi connectivity index (χ0) is 12.4. The van der Waals surface area contributed by atoms with Gasteiger partial charge < -0.3 is 9.84 Å². The molecule has 1 atom stereocenters. The summed E-state index contributed by atoms with van der Waals surface area (Å²) in [4.78, 5) is 4.62. The highest BCUT2D eigenvalue weighted by Crippen LogP contribution is 2.32. The molecule has 0 spiro atoms. The van der Waals surface area contributed by atoms with E-state index >= 15 is 0 Å². The molecule has 1 N–H and O–H groups in total. The summed E-state index contributed by atoms with van der Waals surface area (Å²) in [6.45, 7) is 0. The van der Waals surface area contributed by atoms with Gasteiger partial charge in [-0.3, -0.25) is 0 Å². The second kappa shape index (κ2) is 5.12. The van der Waals surface area contributed by atoms with E-state index < -0.39 is 11.9 Å². The highest BCUT2D eigenvalue weighted by Gasteiger charge is 2.17. The van der Waals surface area contributed by atoms with Crippen LogP contribution in [0.2, 0.25) is 0 Å². The van der Waals surface area contributed by atoms with Crippen molar-refractivity contribution in [2.45, 2.75) is 6.10 Å². The second-order valence-corrected chi connectivity index (χ2v) is 4.94. The number of ether oxygens (including phenoxy) is 1. The topological polar surface area (TPSA) is 42.4 Å². The molecule has 0 amide bonds. The monoisotopic (exact) mass is 317 g/mol. The van der Waals surface area contributed by atoms with E-state index in [1.807, 2.05) is 0 Å². The van der Waals surface area contributed by atoms with Crippen molar-refractivity contribution in [3.63, 3.8) is 0 Å². The average molecular weight is 318 g/mol. The van der Waals surface area contributed by atoms with Gasteiger partial charge in [-0.15, -0.1) is 11.3 Å². The van der Waals surface area contributed by atoms with Gasteiger partial charge in [0.1, 0.15) is 10.7 Å². The van der Waals surface area contributed by atoms with Crippen LogP contribution < -0.4 is 4.74 Å². The van der Waals surface area contributed by atoms with Gasteiger partial charge in [0, 0.05) is 0 Å². The van der Waals surface area contributed by atoms with Gasteiger partial charge in [-0.1, -0.05) is 6.07 Å². The van der Waals surface area contributed by atoms with E-state index in [9.17, 15) is 9.50 Å². The first-order valence-corrected chi connectivity index (χ1v) is 6.41. The molecule has 2 aromatic rings. The molecule has 0 aliphatic rings. The number of aromatic nitrogens is 1. The van der Waals surface area contributed by atoms with E-state index in [1.165, 1.54) is 30.6 Å². The predicted octanol–water partition coefficient (Wildman–Crippen LogP) is 3.14. The molecule has 2 rings (SSSR count). The molecule has 0 radical (unpaired) electrons. The Labute approximate surface area is 110 Å². The molecule has 0 bridgehead atoms. The van der Waals surface area contributed by atoms with Gasteiger partial charge in [0.15, 0.2) is 11.6 Å². The number of hydrogen-bond acceptors (Lipinski definition) is 4. The van der Waals surface area contributed by atoms with Crippen LogP contribution in [-0.2, 0) is 0 Å². The molecule has 0 saturated heterocycles. The lowest BCUT2D eigenvalue weighted by Gasteiger charge is -2.10. The fourth-order valence-electron chi connectivity index (χ4n) is 1.42. The van der Waals surface area contributed by atoms with Crippen molar-refractivity contribution >= 4 is 27.3 Å². The largest absolute Gasteiger partial charge is 0.494 e. The summed E-state index contributed by atoms with van der Waals surface area (Å²) in [7, 11) is 1.40. The van der Waals surface area contributed by atoms with Crippen molar-refractivity contribution in [3.05, 3.63) is 44.6 Å². The number of nitrogens with zero attached hydrogens (tertiary/aromatic N) is 1. The molecule has 6 heteroatoms. The average Bonchev–Trinajstić information content (AvgIpc) is 2.74. The van der Waals surface area contributed by atoms with Crippen molar-refractivity contribution in [1.82, 2.24) is 4.98 Å². The summed E-state index contributed by atoms with van der Waals surface area (Å²) in [5.41, 5.74) is 2.08. The molecule has 90 valence electrons. The lowest BCUT2D eigenvalue weighted by atomic mass is 10.1. The molecule has 0 aliphatic carbocycles. The summed E-state index contributed by atoms with van der Waals surface area (Å²) in [5, 5.41) is 10.1. The van der Waals surface area contributed by atoms with Crippen LogP contribution >= 0.6 is 27.3 Å². The van der Waals surface area contributed by atoms with Crippen molar-refractivity contribution < 1.29 is 14.2 Å². The number of thiazole rings is 1. The molecule has 1 aromatic heterocycles. The van der Waals surface area contributed by atoms with Crippen LogP contribution in [0.25, 0.3) is 0 Å². The number of rotatable bonds is 3. The van der Waals surface area contributed by atoms with E-state index in [2.05, 4.69) is 20.9 Å². The Balaban J connectivity index is 2.35. The summed E-state index contributed by atoms with van der Waals surface area (Å²) in [6.07, 6.45) is -0.891. The van der Waals surface area contributed by atoms with Gasteiger partial charge in [-0.05, 0) is 33.6 Å². The Morgan fingerprint density at radius 2 is 2.29 bits per heavy atom. The molecule has 0 saturated carbocycles. The van der Waals surface area contributed by atoms with E-state index in [0.29, 0.717) is 15.0 Å². The van der Waals surface area contributed by atoms with Crippen LogP contribution in [0.4, 0.5) is 4.39 Å². The molecule has 3 nitrogen and oxygen atoms in total. The third kappa shape index (κ3) is 2.48. The minimum atomic E-state index is -0.891. The van der Waals surface area contributed by atoms with Gasteiger partial charge in [-0.2, -0.15) is 0 Å². The number of aliphatic hydroxyl groups is 1. The minimum absolute atomic E-state index is 0.157. The lowest BCUT2D eigenvalue weighted by molar-refractivity contribution is 0.222. The third-order valence-electron chi connectivity index (χ3n) is 2.29. The fourth-order valence-corrected chi connectivity index (χ4v) is 2.84. The molecule has 0 aliphatic heterocycles. The van der Waals surface area contributed by atoms with Crippen LogP contribution in [0.1, 0.15) is 16.5 Å². The molecular formula is C11H9BrFNO2S. The number of aliphatic hydroxyl groups excluding tert-OH is 1. The van der Waals surface area contributed by atoms with Crippen molar-refractivity contribution in [2.75, 3.05) is 7.11 Å². The van der Waals surface area contributed by atoms with Crippen molar-refractivity contribution in [3.8, 4) is 5.75 Å². The maximum Gasteiger partial charge on any atom is 0.165 e. The Bertz CT molecular complexity index is 532.